The number of anilines is 1. The van der Waals surface area contributed by atoms with E-state index in [4.69, 9.17) is 34.8 Å². The van der Waals surface area contributed by atoms with Gasteiger partial charge < -0.3 is 10.2 Å². The largest absolute Gasteiger partial charge is 0.332 e. The SMILES string of the molecule is CN(CC(=O)Nc1ccc(Cl)c(Cl)c1)C(=O)c1ccc2nc(Cl)ccc2c1. The summed E-state index contributed by atoms with van der Waals surface area (Å²) in [5.41, 5.74) is 1.65. The zero-order chi connectivity index (χ0) is 19.6. The lowest BCUT2D eigenvalue weighted by atomic mass is 10.1. The van der Waals surface area contributed by atoms with Crippen molar-refractivity contribution in [2.24, 2.45) is 0 Å². The highest BCUT2D eigenvalue weighted by Crippen LogP contribution is 2.25. The highest BCUT2D eigenvalue weighted by atomic mass is 35.5. The van der Waals surface area contributed by atoms with Gasteiger partial charge in [0.2, 0.25) is 5.91 Å². The molecule has 2 aromatic carbocycles. The van der Waals surface area contributed by atoms with Crippen LogP contribution in [0.25, 0.3) is 10.9 Å². The summed E-state index contributed by atoms with van der Waals surface area (Å²) < 4.78 is 0. The molecule has 0 atom stereocenters. The van der Waals surface area contributed by atoms with Crippen molar-refractivity contribution < 1.29 is 9.59 Å². The van der Waals surface area contributed by atoms with Gasteiger partial charge in [-0.15, -0.1) is 0 Å². The number of hydrogen-bond donors (Lipinski definition) is 1. The van der Waals surface area contributed by atoms with Crippen molar-refractivity contribution in [3.05, 3.63) is 69.3 Å². The van der Waals surface area contributed by atoms with Crippen LogP contribution in [0.15, 0.2) is 48.5 Å². The van der Waals surface area contributed by atoms with Gasteiger partial charge in [-0.25, -0.2) is 4.98 Å². The quantitative estimate of drug-likeness (QED) is 0.608. The molecule has 3 aromatic rings. The number of fused-ring (bicyclic) bond motifs is 1. The first-order valence-electron chi connectivity index (χ1n) is 7.90. The number of carbonyl (C=O) groups excluding carboxylic acids is 2. The first-order chi connectivity index (χ1) is 12.8. The van der Waals surface area contributed by atoms with Gasteiger partial charge in [-0.2, -0.15) is 0 Å². The lowest BCUT2D eigenvalue weighted by Gasteiger charge is -2.17. The maximum Gasteiger partial charge on any atom is 0.254 e. The molecule has 0 aliphatic carbocycles. The smallest absolute Gasteiger partial charge is 0.254 e. The first-order valence-corrected chi connectivity index (χ1v) is 9.03. The molecule has 0 aliphatic rings. The molecule has 0 radical (unpaired) electrons. The molecule has 8 heteroatoms. The Balaban J connectivity index is 1.68. The molecule has 5 nitrogen and oxygen atoms in total. The number of hydrogen-bond acceptors (Lipinski definition) is 3. The van der Waals surface area contributed by atoms with Gasteiger partial charge in [0.1, 0.15) is 5.15 Å². The van der Waals surface area contributed by atoms with Crippen molar-refractivity contribution in [1.82, 2.24) is 9.88 Å². The molecular formula is C19H14Cl3N3O2. The Morgan fingerprint density at radius 3 is 2.52 bits per heavy atom. The molecule has 27 heavy (non-hydrogen) atoms. The number of carbonyl (C=O) groups is 2. The fourth-order valence-corrected chi connectivity index (χ4v) is 2.97. The molecule has 3 rings (SSSR count). The Hall–Kier alpha value is -2.34. The third-order valence-electron chi connectivity index (χ3n) is 3.83. The third-order valence-corrected chi connectivity index (χ3v) is 4.78. The number of nitrogens with zero attached hydrogens (tertiary/aromatic N) is 2. The summed E-state index contributed by atoms with van der Waals surface area (Å²) >= 11 is 17.6. The van der Waals surface area contributed by atoms with Gasteiger partial charge in [0, 0.05) is 23.7 Å². The van der Waals surface area contributed by atoms with E-state index in [2.05, 4.69) is 10.3 Å². The van der Waals surface area contributed by atoms with Crippen molar-refractivity contribution in [2.45, 2.75) is 0 Å². The van der Waals surface area contributed by atoms with E-state index in [9.17, 15) is 9.59 Å². The second kappa shape index (κ2) is 8.13. The molecule has 0 unspecified atom stereocenters. The van der Waals surface area contributed by atoms with Gasteiger partial charge in [-0.05, 0) is 48.5 Å². The standard InChI is InChI=1S/C19H14Cl3N3O2/c1-25(10-18(26)23-13-4-5-14(20)15(21)9-13)19(27)12-2-6-16-11(8-12)3-7-17(22)24-16/h2-9H,10H2,1H3,(H,23,26). The molecule has 0 aliphatic heterocycles. The fourth-order valence-electron chi connectivity index (χ4n) is 2.52. The minimum absolute atomic E-state index is 0.115. The van der Waals surface area contributed by atoms with Crippen LogP contribution in [0, 0.1) is 0 Å². The Morgan fingerprint density at radius 2 is 1.78 bits per heavy atom. The number of halogens is 3. The van der Waals surface area contributed by atoms with Crippen LogP contribution in [0.4, 0.5) is 5.69 Å². The summed E-state index contributed by atoms with van der Waals surface area (Å²) in [6, 6.07) is 13.3. The summed E-state index contributed by atoms with van der Waals surface area (Å²) in [5, 5.41) is 4.59. The van der Waals surface area contributed by atoms with Gasteiger partial charge in [0.05, 0.1) is 22.1 Å². The summed E-state index contributed by atoms with van der Waals surface area (Å²) in [4.78, 5) is 30.3. The van der Waals surface area contributed by atoms with Crippen molar-refractivity contribution in [1.29, 1.82) is 0 Å². The van der Waals surface area contributed by atoms with E-state index in [-0.39, 0.29) is 18.4 Å². The van der Waals surface area contributed by atoms with Gasteiger partial charge in [0.25, 0.3) is 5.91 Å². The van der Waals surface area contributed by atoms with Crippen LogP contribution in [-0.2, 0) is 4.79 Å². The van der Waals surface area contributed by atoms with Gasteiger partial charge in [-0.1, -0.05) is 34.8 Å². The van der Waals surface area contributed by atoms with Crippen LogP contribution in [0.3, 0.4) is 0 Å². The number of benzene rings is 2. The van der Waals surface area contributed by atoms with Gasteiger partial charge in [0.15, 0.2) is 0 Å². The first kappa shape index (κ1) is 19.4. The molecular weight excluding hydrogens is 409 g/mol. The highest BCUT2D eigenvalue weighted by Gasteiger charge is 2.16. The van der Waals surface area contributed by atoms with Crippen LogP contribution in [0.5, 0.6) is 0 Å². The van der Waals surface area contributed by atoms with Crippen molar-refractivity contribution in [2.75, 3.05) is 18.9 Å². The van der Waals surface area contributed by atoms with E-state index in [0.29, 0.717) is 32.0 Å². The fraction of sp³-hybridized carbons (Fsp3) is 0.105. The molecule has 1 N–H and O–H groups in total. The lowest BCUT2D eigenvalue weighted by molar-refractivity contribution is -0.116. The number of aromatic nitrogens is 1. The molecule has 0 fully saturated rings. The summed E-state index contributed by atoms with van der Waals surface area (Å²) in [6.45, 7) is -0.115. The van der Waals surface area contributed by atoms with Crippen LogP contribution in [0.1, 0.15) is 10.4 Å². The minimum atomic E-state index is -0.349. The Morgan fingerprint density at radius 1 is 1.00 bits per heavy atom. The Labute approximate surface area is 170 Å². The van der Waals surface area contributed by atoms with E-state index < -0.39 is 0 Å². The maximum absolute atomic E-state index is 12.6. The Bertz CT molecular complexity index is 1040. The van der Waals surface area contributed by atoms with Crippen LogP contribution >= 0.6 is 34.8 Å². The molecule has 0 saturated heterocycles. The van der Waals surface area contributed by atoms with E-state index in [1.165, 1.54) is 4.90 Å². The van der Waals surface area contributed by atoms with Crippen LogP contribution in [-0.4, -0.2) is 35.3 Å². The Kier molecular flexibility index (Phi) is 5.85. The number of pyridine rings is 1. The molecule has 1 aromatic heterocycles. The zero-order valence-corrected chi connectivity index (χ0v) is 16.4. The number of rotatable bonds is 4. The van der Waals surface area contributed by atoms with E-state index in [1.807, 2.05) is 0 Å². The minimum Gasteiger partial charge on any atom is -0.332 e. The van der Waals surface area contributed by atoms with E-state index in [0.717, 1.165) is 5.39 Å². The van der Waals surface area contributed by atoms with Crippen LogP contribution < -0.4 is 5.32 Å². The summed E-state index contributed by atoms with van der Waals surface area (Å²) in [5.74, 6) is -0.630. The van der Waals surface area contributed by atoms with Gasteiger partial charge >= 0.3 is 0 Å². The molecule has 1 heterocycles. The maximum atomic E-state index is 12.6. The average Bonchev–Trinajstić information content (AvgIpc) is 2.63. The normalized spacial score (nSPS) is 10.7. The molecule has 2 amide bonds. The van der Waals surface area contributed by atoms with Crippen molar-refractivity contribution >= 4 is 63.2 Å². The molecule has 0 saturated carbocycles. The van der Waals surface area contributed by atoms with Crippen LogP contribution in [0.2, 0.25) is 15.2 Å². The number of likely N-dealkylation sites (N-methyl/N-ethyl adjacent to an activating group) is 1. The van der Waals surface area contributed by atoms with E-state index >= 15 is 0 Å². The topological polar surface area (TPSA) is 62.3 Å². The third kappa shape index (κ3) is 4.69. The summed E-state index contributed by atoms with van der Waals surface area (Å²) in [6.07, 6.45) is 0. The lowest BCUT2D eigenvalue weighted by Crippen LogP contribution is -2.34. The van der Waals surface area contributed by atoms with Crippen molar-refractivity contribution in [3.63, 3.8) is 0 Å². The zero-order valence-electron chi connectivity index (χ0n) is 14.2. The second-order valence-electron chi connectivity index (χ2n) is 5.88. The van der Waals surface area contributed by atoms with E-state index in [1.54, 1.807) is 55.6 Å². The highest BCUT2D eigenvalue weighted by molar-refractivity contribution is 6.42. The number of amides is 2. The predicted molar refractivity (Wildman–Crippen MR) is 109 cm³/mol. The van der Waals surface area contributed by atoms with Crippen molar-refractivity contribution in [3.8, 4) is 0 Å². The molecule has 0 bridgehead atoms. The molecule has 138 valence electrons. The predicted octanol–water partition coefficient (Wildman–Crippen LogP) is 4.91. The van der Waals surface area contributed by atoms with Gasteiger partial charge in [-0.3, -0.25) is 9.59 Å². The summed E-state index contributed by atoms with van der Waals surface area (Å²) in [7, 11) is 1.56. The monoisotopic (exact) mass is 421 g/mol. The second-order valence-corrected chi connectivity index (χ2v) is 7.08. The molecule has 0 spiro atoms. The average molecular weight is 423 g/mol. The number of nitrogens with one attached hydrogen (secondary N) is 1.